The minimum Gasteiger partial charge on any atom is -0.0622 e. The van der Waals surface area contributed by atoms with Gasteiger partial charge in [-0.25, -0.2) is 0 Å². The molecule has 0 heterocycles. The summed E-state index contributed by atoms with van der Waals surface area (Å²) >= 11 is 0. The smallest absolute Gasteiger partial charge is 0.00928 e. The van der Waals surface area contributed by atoms with Crippen molar-refractivity contribution in [1.29, 1.82) is 0 Å². The largest absolute Gasteiger partial charge is 0.0622 e. The van der Waals surface area contributed by atoms with Gasteiger partial charge < -0.3 is 0 Å². The summed E-state index contributed by atoms with van der Waals surface area (Å²) in [7, 11) is 0. The van der Waals surface area contributed by atoms with E-state index in [4.69, 9.17) is 0 Å². The van der Waals surface area contributed by atoms with Crippen molar-refractivity contribution in [1.82, 2.24) is 0 Å². The van der Waals surface area contributed by atoms with Crippen molar-refractivity contribution >= 4 is 32.3 Å². The Bertz CT molecular complexity index is 1770. The van der Waals surface area contributed by atoms with Crippen LogP contribution in [0.25, 0.3) is 65.7 Å². The first-order valence-electron chi connectivity index (χ1n) is 12.4. The molecule has 0 aromatic heterocycles. The number of benzene rings is 7. The molecule has 0 spiro atoms. The lowest BCUT2D eigenvalue weighted by atomic mass is 9.90. The first-order chi connectivity index (χ1) is 17.8. The van der Waals surface area contributed by atoms with Crippen LogP contribution in [0.3, 0.4) is 0 Å². The van der Waals surface area contributed by atoms with Gasteiger partial charge in [-0.3, -0.25) is 0 Å². The summed E-state index contributed by atoms with van der Waals surface area (Å²) in [5.41, 5.74) is 7.39. The second-order valence-electron chi connectivity index (χ2n) is 9.38. The topological polar surface area (TPSA) is 0 Å². The van der Waals surface area contributed by atoms with Crippen molar-refractivity contribution in [3.8, 4) is 33.4 Å². The van der Waals surface area contributed by atoms with E-state index in [9.17, 15) is 0 Å². The Hall–Kier alpha value is -4.68. The second-order valence-corrected chi connectivity index (χ2v) is 9.38. The van der Waals surface area contributed by atoms with Crippen LogP contribution in [-0.4, -0.2) is 0 Å². The molecule has 0 heteroatoms. The lowest BCUT2D eigenvalue weighted by Crippen LogP contribution is -1.88. The van der Waals surface area contributed by atoms with E-state index in [1.807, 2.05) is 0 Å². The van der Waals surface area contributed by atoms with E-state index >= 15 is 0 Å². The van der Waals surface area contributed by atoms with E-state index in [0.29, 0.717) is 0 Å². The van der Waals surface area contributed by atoms with Crippen molar-refractivity contribution in [2.75, 3.05) is 0 Å². The molecule has 0 aliphatic carbocycles. The van der Waals surface area contributed by atoms with Gasteiger partial charge in [0.05, 0.1) is 0 Å². The molecule has 0 aliphatic heterocycles. The van der Waals surface area contributed by atoms with Crippen LogP contribution in [0, 0.1) is 0 Å². The first-order valence-corrected chi connectivity index (χ1v) is 12.4. The summed E-state index contributed by atoms with van der Waals surface area (Å²) in [6.45, 7) is 0. The van der Waals surface area contributed by atoms with Crippen molar-refractivity contribution < 1.29 is 0 Å². The summed E-state index contributed by atoms with van der Waals surface area (Å²) in [5, 5.41) is 7.83. The molecule has 0 radical (unpaired) electrons. The molecule has 168 valence electrons. The molecule has 7 rings (SSSR count). The fourth-order valence-corrected chi connectivity index (χ4v) is 5.48. The Morgan fingerprint density at radius 3 is 1.03 bits per heavy atom. The van der Waals surface area contributed by atoms with Crippen LogP contribution in [0.1, 0.15) is 0 Å². The maximum atomic E-state index is 2.38. The zero-order valence-corrected chi connectivity index (χ0v) is 19.9. The van der Waals surface area contributed by atoms with Gasteiger partial charge in [0.1, 0.15) is 0 Å². The van der Waals surface area contributed by atoms with Gasteiger partial charge in [-0.15, -0.1) is 0 Å². The molecule has 7 aromatic carbocycles. The molecular weight excluding hydrogens is 432 g/mol. The van der Waals surface area contributed by atoms with E-state index in [0.717, 1.165) is 0 Å². The van der Waals surface area contributed by atoms with E-state index in [1.54, 1.807) is 0 Å². The number of rotatable bonds is 3. The molecule has 0 saturated heterocycles. The molecule has 7 aromatic rings. The van der Waals surface area contributed by atoms with Crippen LogP contribution in [0.2, 0.25) is 0 Å². The molecule has 0 nitrogen and oxygen atoms in total. The monoisotopic (exact) mass is 456 g/mol. The maximum Gasteiger partial charge on any atom is -0.00928 e. The summed E-state index contributed by atoms with van der Waals surface area (Å²) in [4.78, 5) is 0. The van der Waals surface area contributed by atoms with Crippen LogP contribution in [0.5, 0.6) is 0 Å². The minimum absolute atomic E-state index is 1.23. The van der Waals surface area contributed by atoms with Gasteiger partial charge >= 0.3 is 0 Å². The van der Waals surface area contributed by atoms with Gasteiger partial charge in [-0.2, -0.15) is 0 Å². The predicted molar refractivity (Wildman–Crippen MR) is 155 cm³/mol. The average molecular weight is 457 g/mol. The van der Waals surface area contributed by atoms with Gasteiger partial charge in [0, 0.05) is 0 Å². The Labute approximate surface area is 211 Å². The fraction of sp³-hybridized carbons (Fsp3) is 0. The molecule has 0 atom stereocenters. The highest BCUT2D eigenvalue weighted by Gasteiger charge is 2.11. The van der Waals surface area contributed by atoms with Crippen molar-refractivity contribution in [2.45, 2.75) is 0 Å². The lowest BCUT2D eigenvalue weighted by Gasteiger charge is -2.14. The third kappa shape index (κ3) is 3.47. The highest BCUT2D eigenvalue weighted by Crippen LogP contribution is 2.38. The minimum atomic E-state index is 1.23. The zero-order valence-electron chi connectivity index (χ0n) is 19.9. The predicted octanol–water partition coefficient (Wildman–Crippen LogP) is 10.1. The summed E-state index contributed by atoms with van der Waals surface area (Å²) in [6.07, 6.45) is 0. The quantitative estimate of drug-likeness (QED) is 0.232. The van der Waals surface area contributed by atoms with Crippen molar-refractivity contribution in [3.05, 3.63) is 146 Å². The van der Waals surface area contributed by atoms with Gasteiger partial charge in [0.15, 0.2) is 0 Å². The molecular formula is C36H24. The SMILES string of the molecule is c1ccc(-c2cc(-c3ccccc3)cc(-c3ccc4c5ccccc5c5ccccc5c4c3)c2)cc1. The Kier molecular flexibility index (Phi) is 4.89. The highest BCUT2D eigenvalue weighted by molar-refractivity contribution is 6.25. The van der Waals surface area contributed by atoms with Crippen LogP contribution in [0.4, 0.5) is 0 Å². The average Bonchev–Trinajstić information content (AvgIpc) is 2.98. The van der Waals surface area contributed by atoms with E-state index in [2.05, 4.69) is 146 Å². The van der Waals surface area contributed by atoms with Crippen LogP contribution in [0.15, 0.2) is 146 Å². The van der Waals surface area contributed by atoms with E-state index in [1.165, 1.54) is 65.7 Å². The van der Waals surface area contributed by atoms with Crippen LogP contribution in [-0.2, 0) is 0 Å². The standard InChI is InChI=1S/C36H24/c1-3-11-25(12-4-1)28-21-29(26-13-5-2-6-14-26)23-30(22-28)27-19-20-35-33-17-8-7-15-31(33)32-16-9-10-18-34(32)36(35)24-27/h1-24H. The molecule has 0 saturated carbocycles. The second kappa shape index (κ2) is 8.52. The van der Waals surface area contributed by atoms with Crippen molar-refractivity contribution in [2.24, 2.45) is 0 Å². The fourth-order valence-electron chi connectivity index (χ4n) is 5.48. The van der Waals surface area contributed by atoms with E-state index < -0.39 is 0 Å². The molecule has 0 aliphatic rings. The van der Waals surface area contributed by atoms with Crippen LogP contribution >= 0.6 is 0 Å². The van der Waals surface area contributed by atoms with Gasteiger partial charge in [-0.1, -0.05) is 121 Å². The normalized spacial score (nSPS) is 11.3. The number of hydrogen-bond donors (Lipinski definition) is 0. The molecule has 0 fully saturated rings. The van der Waals surface area contributed by atoms with Gasteiger partial charge in [-0.05, 0) is 90.0 Å². The Morgan fingerprint density at radius 2 is 0.556 bits per heavy atom. The zero-order chi connectivity index (χ0) is 23.9. The third-order valence-corrected chi connectivity index (χ3v) is 7.22. The van der Waals surface area contributed by atoms with E-state index in [-0.39, 0.29) is 0 Å². The number of hydrogen-bond acceptors (Lipinski definition) is 0. The van der Waals surface area contributed by atoms with Gasteiger partial charge in [0.25, 0.3) is 0 Å². The molecule has 0 amide bonds. The lowest BCUT2D eigenvalue weighted by molar-refractivity contribution is 1.57. The van der Waals surface area contributed by atoms with Gasteiger partial charge in [0.2, 0.25) is 0 Å². The Morgan fingerprint density at radius 1 is 0.194 bits per heavy atom. The first kappa shape index (κ1) is 20.7. The molecule has 0 unspecified atom stereocenters. The summed E-state index contributed by atoms with van der Waals surface area (Å²) < 4.78 is 0. The third-order valence-electron chi connectivity index (χ3n) is 7.22. The summed E-state index contributed by atoms with van der Waals surface area (Å²) in [6, 6.07) is 52.8. The highest BCUT2D eigenvalue weighted by atomic mass is 14.2. The molecule has 36 heavy (non-hydrogen) atoms. The maximum absolute atomic E-state index is 2.38. The Balaban J connectivity index is 1.51. The van der Waals surface area contributed by atoms with Crippen molar-refractivity contribution in [3.63, 3.8) is 0 Å². The summed E-state index contributed by atoms with van der Waals surface area (Å²) in [5.74, 6) is 0. The molecule has 0 bridgehead atoms. The molecule has 0 N–H and O–H groups in total. The van der Waals surface area contributed by atoms with Crippen LogP contribution < -0.4 is 0 Å². The number of fused-ring (bicyclic) bond motifs is 6.